The van der Waals surface area contributed by atoms with E-state index in [4.69, 9.17) is 0 Å². The van der Waals surface area contributed by atoms with Crippen molar-refractivity contribution in [3.05, 3.63) is 47.8 Å². The summed E-state index contributed by atoms with van der Waals surface area (Å²) in [6.45, 7) is 7.33. The van der Waals surface area contributed by atoms with Crippen LogP contribution in [0.25, 0.3) is 0 Å². The fraction of sp³-hybridized carbons (Fsp3) is 0.476. The molecule has 6 nitrogen and oxygen atoms in total. The van der Waals surface area contributed by atoms with Crippen LogP contribution in [0.4, 0.5) is 11.6 Å². The molecule has 2 unspecified atom stereocenters. The van der Waals surface area contributed by atoms with Crippen LogP contribution in [-0.4, -0.2) is 60.0 Å². The summed E-state index contributed by atoms with van der Waals surface area (Å²) in [5.41, 5.74) is 2.79. The zero-order valence-corrected chi connectivity index (χ0v) is 16.3. The molecule has 142 valence electrons. The highest BCUT2D eigenvalue weighted by molar-refractivity contribution is 5.82. The number of carbonyl (C=O) groups is 1. The number of hydrogen-bond acceptors (Lipinski definition) is 5. The number of aryl methyl sites for hydroxylation is 1. The van der Waals surface area contributed by atoms with Crippen LogP contribution in [0.2, 0.25) is 0 Å². The maximum atomic E-state index is 12.0. The van der Waals surface area contributed by atoms with Gasteiger partial charge in [0.05, 0.1) is 6.54 Å². The Labute approximate surface area is 160 Å². The molecule has 1 aromatic carbocycles. The number of rotatable bonds is 3. The van der Waals surface area contributed by atoms with Gasteiger partial charge in [-0.2, -0.15) is 0 Å². The Balaban J connectivity index is 1.54. The molecule has 1 aromatic heterocycles. The van der Waals surface area contributed by atoms with Gasteiger partial charge in [0.25, 0.3) is 0 Å². The van der Waals surface area contributed by atoms with Crippen molar-refractivity contribution in [3.63, 3.8) is 0 Å². The predicted octanol–water partition coefficient (Wildman–Crippen LogP) is 2.45. The summed E-state index contributed by atoms with van der Waals surface area (Å²) >= 11 is 0. The number of piperazine rings is 1. The van der Waals surface area contributed by atoms with E-state index in [0.29, 0.717) is 18.5 Å². The van der Waals surface area contributed by atoms with Crippen molar-refractivity contribution in [1.29, 1.82) is 0 Å². The number of aromatic nitrogens is 2. The molecule has 27 heavy (non-hydrogen) atoms. The van der Waals surface area contributed by atoms with E-state index in [-0.39, 0.29) is 5.91 Å². The highest BCUT2D eigenvalue weighted by Gasteiger charge is 2.32. The van der Waals surface area contributed by atoms with E-state index in [2.05, 4.69) is 53.0 Å². The molecule has 2 fully saturated rings. The van der Waals surface area contributed by atoms with Gasteiger partial charge in [-0.3, -0.25) is 4.79 Å². The average Bonchev–Trinajstić information content (AvgIpc) is 3.06. The van der Waals surface area contributed by atoms with Crippen LogP contribution in [0.5, 0.6) is 0 Å². The molecular weight excluding hydrogens is 338 g/mol. The Hall–Kier alpha value is -2.63. The van der Waals surface area contributed by atoms with Crippen molar-refractivity contribution in [1.82, 2.24) is 14.9 Å². The Morgan fingerprint density at radius 2 is 1.89 bits per heavy atom. The van der Waals surface area contributed by atoms with Crippen LogP contribution >= 0.6 is 0 Å². The molecule has 0 aliphatic carbocycles. The summed E-state index contributed by atoms with van der Waals surface area (Å²) in [4.78, 5) is 27.2. The van der Waals surface area contributed by atoms with Gasteiger partial charge in [-0.15, -0.1) is 0 Å². The molecule has 2 aromatic rings. The fourth-order valence-electron chi connectivity index (χ4n) is 4.24. The van der Waals surface area contributed by atoms with Crippen LogP contribution < -0.4 is 9.80 Å². The second-order valence-corrected chi connectivity index (χ2v) is 7.76. The average molecular weight is 365 g/mol. The third-order valence-corrected chi connectivity index (χ3v) is 5.92. The van der Waals surface area contributed by atoms with Gasteiger partial charge in [-0.05, 0) is 31.4 Å². The molecule has 0 bridgehead atoms. The van der Waals surface area contributed by atoms with E-state index in [1.54, 1.807) is 11.2 Å². The lowest BCUT2D eigenvalue weighted by Gasteiger charge is -2.33. The Morgan fingerprint density at radius 3 is 2.67 bits per heavy atom. The van der Waals surface area contributed by atoms with E-state index in [9.17, 15) is 4.79 Å². The molecule has 4 rings (SSSR count). The lowest BCUT2D eigenvalue weighted by atomic mass is 9.93. The van der Waals surface area contributed by atoms with Crippen molar-refractivity contribution >= 4 is 17.5 Å². The Bertz CT molecular complexity index is 839. The van der Waals surface area contributed by atoms with Gasteiger partial charge in [-0.25, -0.2) is 9.97 Å². The van der Waals surface area contributed by atoms with Crippen LogP contribution in [0.15, 0.2) is 36.7 Å². The number of hydrogen-bond donors (Lipinski definition) is 0. The molecule has 2 saturated heterocycles. The molecule has 2 aliphatic heterocycles. The topological polar surface area (TPSA) is 52.6 Å². The van der Waals surface area contributed by atoms with E-state index >= 15 is 0 Å². The molecule has 6 heteroatoms. The minimum Gasteiger partial charge on any atom is -0.353 e. The smallest absolute Gasteiger partial charge is 0.241 e. The predicted molar refractivity (Wildman–Crippen MR) is 107 cm³/mol. The molecule has 2 aliphatic rings. The highest BCUT2D eigenvalue weighted by atomic mass is 16.2. The van der Waals surface area contributed by atoms with Gasteiger partial charge in [0.1, 0.15) is 18.0 Å². The lowest BCUT2D eigenvalue weighted by Crippen LogP contribution is -2.48. The Morgan fingerprint density at radius 1 is 1.11 bits per heavy atom. The first kappa shape index (κ1) is 17.8. The van der Waals surface area contributed by atoms with Crippen molar-refractivity contribution in [3.8, 4) is 0 Å². The van der Waals surface area contributed by atoms with E-state index in [1.165, 1.54) is 11.1 Å². The molecule has 0 N–H and O–H groups in total. The van der Waals surface area contributed by atoms with Crippen LogP contribution in [-0.2, 0) is 4.79 Å². The first-order chi connectivity index (χ1) is 13.0. The largest absolute Gasteiger partial charge is 0.353 e. The molecule has 2 atom stereocenters. The summed E-state index contributed by atoms with van der Waals surface area (Å²) < 4.78 is 0. The van der Waals surface area contributed by atoms with Gasteiger partial charge < -0.3 is 14.7 Å². The molecule has 3 heterocycles. The minimum absolute atomic E-state index is 0.135. The minimum atomic E-state index is 0.135. The zero-order chi connectivity index (χ0) is 19.0. The summed E-state index contributed by atoms with van der Waals surface area (Å²) in [7, 11) is 1.85. The summed E-state index contributed by atoms with van der Waals surface area (Å²) in [5, 5.41) is 0. The number of likely N-dealkylation sites (N-methyl/N-ethyl adjacent to an activating group) is 1. The van der Waals surface area contributed by atoms with Crippen molar-refractivity contribution in [2.45, 2.75) is 32.2 Å². The number of carbonyl (C=O) groups excluding carboxylic acids is 1. The first-order valence-electron chi connectivity index (χ1n) is 9.66. The second kappa shape index (κ2) is 7.18. The highest BCUT2D eigenvalue weighted by Crippen LogP contribution is 2.36. The summed E-state index contributed by atoms with van der Waals surface area (Å²) in [6.07, 6.45) is 2.75. The van der Waals surface area contributed by atoms with Gasteiger partial charge in [0, 0.05) is 44.7 Å². The van der Waals surface area contributed by atoms with Crippen LogP contribution in [0, 0.1) is 6.92 Å². The molecule has 1 amide bonds. The van der Waals surface area contributed by atoms with Gasteiger partial charge in [0.2, 0.25) is 5.91 Å². The number of benzene rings is 1. The first-order valence-corrected chi connectivity index (χ1v) is 9.66. The third kappa shape index (κ3) is 3.48. The van der Waals surface area contributed by atoms with Gasteiger partial charge >= 0.3 is 0 Å². The second-order valence-electron chi connectivity index (χ2n) is 7.76. The molecule has 0 radical (unpaired) electrons. The third-order valence-electron chi connectivity index (χ3n) is 5.92. The fourth-order valence-corrected chi connectivity index (χ4v) is 4.24. The summed E-state index contributed by atoms with van der Waals surface area (Å²) in [5.74, 6) is 2.45. The van der Waals surface area contributed by atoms with E-state index < -0.39 is 0 Å². The van der Waals surface area contributed by atoms with Gasteiger partial charge in [0.15, 0.2) is 0 Å². The Kier molecular flexibility index (Phi) is 4.72. The lowest BCUT2D eigenvalue weighted by molar-refractivity contribution is -0.129. The number of amides is 1. The molecule has 0 saturated carbocycles. The standard InChI is InChI=1S/C21H27N5O/c1-15-6-4-5-7-18(15)17-10-16(2)26(12-17)20-11-19(22-14-23-20)25-9-8-24(3)21(27)13-25/h4-7,11,14,16-17H,8-10,12-13H2,1-3H3. The van der Waals surface area contributed by atoms with Crippen molar-refractivity contribution in [2.24, 2.45) is 0 Å². The number of anilines is 2. The normalized spacial score (nSPS) is 23.2. The van der Waals surface area contributed by atoms with Crippen molar-refractivity contribution < 1.29 is 4.79 Å². The molecule has 0 spiro atoms. The van der Waals surface area contributed by atoms with E-state index in [1.807, 2.05) is 18.0 Å². The SMILES string of the molecule is Cc1ccccc1C1CC(C)N(c2cc(N3CCN(C)C(=O)C3)ncn2)C1. The van der Waals surface area contributed by atoms with Crippen molar-refractivity contribution in [2.75, 3.05) is 43.0 Å². The van der Waals surface area contributed by atoms with Crippen LogP contribution in [0.3, 0.4) is 0 Å². The van der Waals surface area contributed by atoms with Crippen LogP contribution in [0.1, 0.15) is 30.4 Å². The zero-order valence-electron chi connectivity index (χ0n) is 16.3. The van der Waals surface area contributed by atoms with Gasteiger partial charge in [-0.1, -0.05) is 24.3 Å². The molecular formula is C21H27N5O. The monoisotopic (exact) mass is 365 g/mol. The quantitative estimate of drug-likeness (QED) is 0.836. The maximum absolute atomic E-state index is 12.0. The number of nitrogens with zero attached hydrogens (tertiary/aromatic N) is 5. The summed E-state index contributed by atoms with van der Waals surface area (Å²) in [6, 6.07) is 11.1. The maximum Gasteiger partial charge on any atom is 0.241 e. The van der Waals surface area contributed by atoms with E-state index in [0.717, 1.165) is 37.7 Å².